The summed E-state index contributed by atoms with van der Waals surface area (Å²) in [6.45, 7) is 1.66. The summed E-state index contributed by atoms with van der Waals surface area (Å²) in [5, 5.41) is 2.78. The molecule has 0 aliphatic carbocycles. The van der Waals surface area contributed by atoms with Gasteiger partial charge < -0.3 is 15.8 Å². The van der Waals surface area contributed by atoms with E-state index in [0.29, 0.717) is 17.0 Å². The minimum absolute atomic E-state index is 0.250. The number of benzene rings is 2. The highest BCUT2D eigenvalue weighted by atomic mass is 127. The lowest BCUT2D eigenvalue weighted by atomic mass is 10.2. The van der Waals surface area contributed by atoms with Gasteiger partial charge in [-0.2, -0.15) is 0 Å². The van der Waals surface area contributed by atoms with Gasteiger partial charge in [0.1, 0.15) is 5.75 Å². The Balaban J connectivity index is 1.95. The Labute approximate surface area is 142 Å². The van der Waals surface area contributed by atoms with Crippen LogP contribution in [0, 0.1) is 3.57 Å². The number of primary amides is 1. The molecular formula is C16H15IN2O3. The van der Waals surface area contributed by atoms with Crippen molar-refractivity contribution >= 4 is 40.1 Å². The topological polar surface area (TPSA) is 81.4 Å². The maximum absolute atomic E-state index is 12.1. The van der Waals surface area contributed by atoms with E-state index in [1.807, 2.05) is 24.3 Å². The van der Waals surface area contributed by atoms with Crippen LogP contribution in [0.1, 0.15) is 17.3 Å². The molecule has 22 heavy (non-hydrogen) atoms. The summed E-state index contributed by atoms with van der Waals surface area (Å²) in [4.78, 5) is 23.1. The summed E-state index contributed by atoms with van der Waals surface area (Å²) < 4.78 is 6.63. The average molecular weight is 410 g/mol. The molecule has 1 unspecified atom stereocenters. The molecule has 1 atom stereocenters. The number of halogens is 1. The van der Waals surface area contributed by atoms with Gasteiger partial charge in [-0.05, 0) is 78.0 Å². The highest BCUT2D eigenvalue weighted by Crippen LogP contribution is 2.15. The maximum Gasteiger partial charge on any atom is 0.265 e. The van der Waals surface area contributed by atoms with Gasteiger partial charge in [0.2, 0.25) is 5.91 Å². The Bertz CT molecular complexity index is 669. The van der Waals surface area contributed by atoms with Crippen molar-refractivity contribution in [3.05, 3.63) is 57.7 Å². The van der Waals surface area contributed by atoms with Gasteiger partial charge in [-0.25, -0.2) is 0 Å². The smallest absolute Gasteiger partial charge is 0.265 e. The lowest BCUT2D eigenvalue weighted by Crippen LogP contribution is -2.30. The molecule has 5 nitrogen and oxygen atoms in total. The molecule has 0 aliphatic heterocycles. The zero-order chi connectivity index (χ0) is 16.1. The van der Waals surface area contributed by atoms with Gasteiger partial charge in [0, 0.05) is 14.8 Å². The second kappa shape index (κ2) is 7.26. The van der Waals surface area contributed by atoms with Crippen molar-refractivity contribution in [2.45, 2.75) is 13.0 Å². The van der Waals surface area contributed by atoms with Crippen LogP contribution in [0.4, 0.5) is 5.69 Å². The van der Waals surface area contributed by atoms with Crippen molar-refractivity contribution in [3.63, 3.8) is 0 Å². The normalized spacial score (nSPS) is 11.5. The number of nitrogens with two attached hydrogens (primary N) is 1. The lowest BCUT2D eigenvalue weighted by Gasteiger charge is -2.15. The first kappa shape index (κ1) is 16.3. The molecule has 0 fully saturated rings. The largest absolute Gasteiger partial charge is 0.481 e. The maximum atomic E-state index is 12.1. The standard InChI is InChI=1S/C16H15IN2O3/c1-10(16(21)19-13-6-4-12(17)5-7-13)22-14-8-2-11(3-9-14)15(18)20/h2-10H,1H3,(H2,18,20)(H,19,21). The Morgan fingerprint density at radius 3 is 2.23 bits per heavy atom. The van der Waals surface area contributed by atoms with Crippen molar-refractivity contribution in [3.8, 4) is 5.75 Å². The van der Waals surface area contributed by atoms with E-state index in [-0.39, 0.29) is 5.91 Å². The van der Waals surface area contributed by atoms with Crippen molar-refractivity contribution in [2.24, 2.45) is 5.73 Å². The van der Waals surface area contributed by atoms with Gasteiger partial charge in [-0.15, -0.1) is 0 Å². The molecule has 3 N–H and O–H groups in total. The summed E-state index contributed by atoms with van der Waals surface area (Å²) in [6, 6.07) is 13.8. The fourth-order valence-electron chi connectivity index (χ4n) is 1.73. The van der Waals surface area contributed by atoms with Gasteiger partial charge >= 0.3 is 0 Å². The quantitative estimate of drug-likeness (QED) is 0.744. The first-order chi connectivity index (χ1) is 10.5. The zero-order valence-corrected chi connectivity index (χ0v) is 14.0. The number of rotatable bonds is 5. The van der Waals surface area contributed by atoms with E-state index in [1.54, 1.807) is 31.2 Å². The summed E-state index contributed by atoms with van der Waals surface area (Å²) in [5.74, 6) is -0.258. The van der Waals surface area contributed by atoms with Crippen LogP contribution >= 0.6 is 22.6 Å². The van der Waals surface area contributed by atoms with E-state index in [1.165, 1.54) is 0 Å². The first-order valence-electron chi connectivity index (χ1n) is 6.58. The minimum Gasteiger partial charge on any atom is -0.481 e. The van der Waals surface area contributed by atoms with E-state index in [4.69, 9.17) is 10.5 Å². The van der Waals surface area contributed by atoms with E-state index >= 15 is 0 Å². The minimum atomic E-state index is -0.668. The summed E-state index contributed by atoms with van der Waals surface area (Å²) in [6.07, 6.45) is -0.668. The monoisotopic (exact) mass is 410 g/mol. The molecule has 0 aliphatic rings. The Kier molecular flexibility index (Phi) is 5.37. The molecule has 2 amide bonds. The van der Waals surface area contributed by atoms with Gasteiger partial charge in [-0.1, -0.05) is 0 Å². The lowest BCUT2D eigenvalue weighted by molar-refractivity contribution is -0.122. The molecule has 0 bridgehead atoms. The van der Waals surface area contributed by atoms with Gasteiger partial charge in [0.25, 0.3) is 5.91 Å². The van der Waals surface area contributed by atoms with Crippen LogP contribution in [0.2, 0.25) is 0 Å². The van der Waals surface area contributed by atoms with Gasteiger partial charge in [0.15, 0.2) is 6.10 Å². The highest BCUT2D eigenvalue weighted by Gasteiger charge is 2.15. The van der Waals surface area contributed by atoms with E-state index in [0.717, 1.165) is 3.57 Å². The zero-order valence-electron chi connectivity index (χ0n) is 11.9. The molecule has 2 aromatic carbocycles. The molecule has 2 aromatic rings. The number of anilines is 1. The van der Waals surface area contributed by atoms with E-state index in [9.17, 15) is 9.59 Å². The summed E-state index contributed by atoms with van der Waals surface area (Å²) in [7, 11) is 0. The highest BCUT2D eigenvalue weighted by molar-refractivity contribution is 14.1. The third-order valence-electron chi connectivity index (χ3n) is 2.93. The van der Waals surface area contributed by atoms with Crippen LogP contribution < -0.4 is 15.8 Å². The van der Waals surface area contributed by atoms with Crippen molar-refractivity contribution < 1.29 is 14.3 Å². The van der Waals surface area contributed by atoms with Crippen molar-refractivity contribution in [1.82, 2.24) is 0 Å². The Hall–Kier alpha value is -2.09. The second-order valence-electron chi connectivity index (χ2n) is 4.64. The van der Waals surface area contributed by atoms with E-state index < -0.39 is 12.0 Å². The molecule has 0 radical (unpaired) electrons. The Morgan fingerprint density at radius 2 is 1.68 bits per heavy atom. The average Bonchev–Trinajstić information content (AvgIpc) is 2.50. The van der Waals surface area contributed by atoms with Crippen LogP contribution in [-0.2, 0) is 4.79 Å². The van der Waals surface area contributed by atoms with Gasteiger partial charge in [0.05, 0.1) is 0 Å². The third kappa shape index (κ3) is 4.45. The molecule has 6 heteroatoms. The van der Waals surface area contributed by atoms with Crippen LogP contribution in [0.5, 0.6) is 5.75 Å². The van der Waals surface area contributed by atoms with Gasteiger partial charge in [-0.3, -0.25) is 9.59 Å². The third-order valence-corrected chi connectivity index (χ3v) is 3.65. The number of hydrogen-bond donors (Lipinski definition) is 2. The van der Waals surface area contributed by atoms with E-state index in [2.05, 4.69) is 27.9 Å². The fraction of sp³-hybridized carbons (Fsp3) is 0.125. The molecule has 0 heterocycles. The van der Waals surface area contributed by atoms with Crippen LogP contribution in [0.25, 0.3) is 0 Å². The van der Waals surface area contributed by atoms with Crippen molar-refractivity contribution in [2.75, 3.05) is 5.32 Å². The van der Waals surface area contributed by atoms with Crippen LogP contribution in [0.3, 0.4) is 0 Å². The molecule has 0 saturated carbocycles. The summed E-state index contributed by atoms with van der Waals surface area (Å²) in [5.41, 5.74) is 6.27. The number of nitrogens with one attached hydrogen (secondary N) is 1. The molecule has 0 saturated heterocycles. The number of hydrogen-bond acceptors (Lipinski definition) is 3. The summed E-state index contributed by atoms with van der Waals surface area (Å²) >= 11 is 2.20. The molecule has 0 aromatic heterocycles. The SMILES string of the molecule is CC(Oc1ccc(C(N)=O)cc1)C(=O)Nc1ccc(I)cc1. The number of carbonyl (C=O) groups excluding carboxylic acids is 2. The number of ether oxygens (including phenoxy) is 1. The fourth-order valence-corrected chi connectivity index (χ4v) is 2.09. The van der Waals surface area contributed by atoms with Crippen molar-refractivity contribution in [1.29, 1.82) is 0 Å². The predicted molar refractivity (Wildman–Crippen MR) is 92.8 cm³/mol. The molecule has 0 spiro atoms. The second-order valence-corrected chi connectivity index (χ2v) is 5.89. The first-order valence-corrected chi connectivity index (χ1v) is 7.66. The number of carbonyl (C=O) groups is 2. The predicted octanol–water partition coefficient (Wildman–Crippen LogP) is 2.80. The Morgan fingerprint density at radius 1 is 1.09 bits per heavy atom. The number of amides is 2. The van der Waals surface area contributed by atoms with Crippen LogP contribution in [0.15, 0.2) is 48.5 Å². The van der Waals surface area contributed by atoms with Crippen LogP contribution in [-0.4, -0.2) is 17.9 Å². The molecule has 114 valence electrons. The molecule has 2 rings (SSSR count). The molecular weight excluding hydrogens is 395 g/mol.